The smallest absolute Gasteiger partial charge is 0.122 e. The van der Waals surface area contributed by atoms with Crippen LogP contribution in [0.2, 0.25) is 0 Å². The lowest BCUT2D eigenvalue weighted by atomic mass is 10.1. The van der Waals surface area contributed by atoms with E-state index in [9.17, 15) is 0 Å². The number of ether oxygens (including phenoxy) is 2. The maximum Gasteiger partial charge on any atom is 0.122 e. The zero-order valence-corrected chi connectivity index (χ0v) is 16.0. The van der Waals surface area contributed by atoms with Crippen molar-refractivity contribution in [1.82, 2.24) is 0 Å². The summed E-state index contributed by atoms with van der Waals surface area (Å²) in [6.07, 6.45) is 1.99. The number of benzene rings is 2. The van der Waals surface area contributed by atoms with Crippen LogP contribution >= 0.6 is 0 Å². The van der Waals surface area contributed by atoms with E-state index in [0.29, 0.717) is 0 Å². The van der Waals surface area contributed by atoms with Gasteiger partial charge in [-0.05, 0) is 99.9 Å². The Labute approximate surface area is 146 Å². The van der Waals surface area contributed by atoms with E-state index in [1.165, 1.54) is 33.4 Å². The predicted octanol–water partition coefficient (Wildman–Crippen LogP) is 5.78. The minimum Gasteiger partial charge on any atom is -0.493 e. The van der Waals surface area contributed by atoms with Gasteiger partial charge in [0.05, 0.1) is 13.2 Å². The van der Waals surface area contributed by atoms with E-state index in [1.54, 1.807) is 0 Å². The van der Waals surface area contributed by atoms with Crippen LogP contribution in [0.4, 0.5) is 0 Å². The molecule has 0 aliphatic rings. The molecule has 0 saturated heterocycles. The average molecular weight is 326 g/mol. The van der Waals surface area contributed by atoms with Crippen molar-refractivity contribution in [2.45, 2.75) is 54.4 Å². The molecular weight excluding hydrogens is 296 g/mol. The van der Waals surface area contributed by atoms with Gasteiger partial charge < -0.3 is 9.47 Å². The number of rotatable bonds is 7. The summed E-state index contributed by atoms with van der Waals surface area (Å²) in [5.41, 5.74) is 7.56. The van der Waals surface area contributed by atoms with E-state index in [4.69, 9.17) is 9.47 Å². The molecule has 0 radical (unpaired) electrons. The molecule has 0 N–H and O–H groups in total. The number of hydrogen-bond donors (Lipinski definition) is 0. The van der Waals surface area contributed by atoms with Crippen molar-refractivity contribution in [2.24, 2.45) is 0 Å². The van der Waals surface area contributed by atoms with Crippen molar-refractivity contribution in [3.63, 3.8) is 0 Å². The Hall–Kier alpha value is -1.96. The van der Waals surface area contributed by atoms with E-state index in [1.807, 2.05) is 0 Å². The van der Waals surface area contributed by atoms with Gasteiger partial charge >= 0.3 is 0 Å². The molecule has 2 aromatic rings. The molecule has 0 fully saturated rings. The molecule has 0 amide bonds. The maximum absolute atomic E-state index is 5.96. The van der Waals surface area contributed by atoms with Crippen LogP contribution in [0.5, 0.6) is 11.5 Å². The molecule has 2 heteroatoms. The molecule has 0 aliphatic carbocycles. The summed E-state index contributed by atoms with van der Waals surface area (Å²) in [5, 5.41) is 0. The summed E-state index contributed by atoms with van der Waals surface area (Å²) in [7, 11) is 0. The maximum atomic E-state index is 5.96. The van der Waals surface area contributed by atoms with E-state index in [2.05, 4.69) is 65.8 Å². The third-order valence-corrected chi connectivity index (χ3v) is 4.58. The SMILES string of the molecule is Cc1cc(C)c(C)c(OCCCCOc2cc(C)cc(C)c2C)c1. The highest BCUT2D eigenvalue weighted by molar-refractivity contribution is 5.42. The van der Waals surface area contributed by atoms with Crippen molar-refractivity contribution < 1.29 is 9.47 Å². The Morgan fingerprint density at radius 2 is 0.958 bits per heavy atom. The predicted molar refractivity (Wildman–Crippen MR) is 102 cm³/mol. The molecule has 130 valence electrons. The van der Waals surface area contributed by atoms with Gasteiger partial charge in [-0.2, -0.15) is 0 Å². The molecule has 2 rings (SSSR count). The number of aryl methyl sites for hydroxylation is 4. The fraction of sp³-hybridized carbons (Fsp3) is 0.455. The second kappa shape index (κ2) is 8.23. The first kappa shape index (κ1) is 18.4. The second-order valence-electron chi connectivity index (χ2n) is 6.81. The molecule has 0 saturated carbocycles. The largest absolute Gasteiger partial charge is 0.493 e. The molecule has 0 aliphatic heterocycles. The first-order chi connectivity index (χ1) is 11.4. The Morgan fingerprint density at radius 3 is 1.33 bits per heavy atom. The Morgan fingerprint density at radius 1 is 0.583 bits per heavy atom. The third-order valence-electron chi connectivity index (χ3n) is 4.58. The van der Waals surface area contributed by atoms with Crippen LogP contribution in [0.1, 0.15) is 46.2 Å². The van der Waals surface area contributed by atoms with Crippen molar-refractivity contribution in [3.8, 4) is 11.5 Å². The minimum atomic E-state index is 0.735. The van der Waals surface area contributed by atoms with Crippen LogP contribution in [0.25, 0.3) is 0 Å². The van der Waals surface area contributed by atoms with Crippen LogP contribution < -0.4 is 9.47 Å². The van der Waals surface area contributed by atoms with Crippen molar-refractivity contribution in [3.05, 3.63) is 57.6 Å². The lowest BCUT2D eigenvalue weighted by Gasteiger charge is -2.14. The molecule has 0 spiro atoms. The molecular formula is C22H30O2. The number of hydrogen-bond acceptors (Lipinski definition) is 2. The van der Waals surface area contributed by atoms with Gasteiger partial charge in [-0.3, -0.25) is 0 Å². The third kappa shape index (κ3) is 4.77. The molecule has 0 atom stereocenters. The first-order valence-electron chi connectivity index (χ1n) is 8.79. The summed E-state index contributed by atoms with van der Waals surface area (Å²) < 4.78 is 11.9. The lowest BCUT2D eigenvalue weighted by molar-refractivity contribution is 0.264. The van der Waals surface area contributed by atoms with E-state index in [-0.39, 0.29) is 0 Å². The molecule has 24 heavy (non-hydrogen) atoms. The van der Waals surface area contributed by atoms with Crippen LogP contribution in [0, 0.1) is 41.5 Å². The minimum absolute atomic E-state index is 0.735. The van der Waals surface area contributed by atoms with Crippen LogP contribution in [-0.2, 0) is 0 Å². The van der Waals surface area contributed by atoms with E-state index >= 15 is 0 Å². The topological polar surface area (TPSA) is 18.5 Å². The molecule has 2 aromatic carbocycles. The van der Waals surface area contributed by atoms with Crippen molar-refractivity contribution in [2.75, 3.05) is 13.2 Å². The van der Waals surface area contributed by atoms with Crippen LogP contribution in [0.15, 0.2) is 24.3 Å². The van der Waals surface area contributed by atoms with Gasteiger partial charge in [0.15, 0.2) is 0 Å². The van der Waals surface area contributed by atoms with Crippen LogP contribution in [-0.4, -0.2) is 13.2 Å². The van der Waals surface area contributed by atoms with Gasteiger partial charge in [0.2, 0.25) is 0 Å². The summed E-state index contributed by atoms with van der Waals surface area (Å²) in [6, 6.07) is 8.64. The average Bonchev–Trinajstić information content (AvgIpc) is 2.51. The normalized spacial score (nSPS) is 10.8. The highest BCUT2D eigenvalue weighted by atomic mass is 16.5. The van der Waals surface area contributed by atoms with Gasteiger partial charge in [-0.1, -0.05) is 12.1 Å². The molecule has 0 unspecified atom stereocenters. The fourth-order valence-electron chi connectivity index (χ4n) is 2.87. The summed E-state index contributed by atoms with van der Waals surface area (Å²) in [4.78, 5) is 0. The first-order valence-corrected chi connectivity index (χ1v) is 8.79. The van der Waals surface area contributed by atoms with Crippen LogP contribution in [0.3, 0.4) is 0 Å². The fourth-order valence-corrected chi connectivity index (χ4v) is 2.87. The molecule has 2 nitrogen and oxygen atoms in total. The van der Waals surface area contributed by atoms with Gasteiger partial charge in [-0.25, -0.2) is 0 Å². The molecule has 0 bridgehead atoms. The second-order valence-corrected chi connectivity index (χ2v) is 6.81. The monoisotopic (exact) mass is 326 g/mol. The Bertz CT molecular complexity index is 640. The quantitative estimate of drug-likeness (QED) is 0.601. The highest BCUT2D eigenvalue weighted by Gasteiger charge is 2.05. The van der Waals surface area contributed by atoms with Crippen molar-refractivity contribution in [1.29, 1.82) is 0 Å². The molecule has 0 aromatic heterocycles. The lowest BCUT2D eigenvalue weighted by Crippen LogP contribution is -2.05. The highest BCUT2D eigenvalue weighted by Crippen LogP contribution is 2.24. The zero-order valence-electron chi connectivity index (χ0n) is 16.0. The standard InChI is InChI=1S/C22H30O2/c1-15-11-17(3)19(5)21(13-15)23-9-7-8-10-24-22-14-16(2)12-18(4)20(22)6/h11-14H,7-10H2,1-6H3. The summed E-state index contributed by atoms with van der Waals surface area (Å²) >= 11 is 0. The van der Waals surface area contributed by atoms with Gasteiger partial charge in [0.1, 0.15) is 11.5 Å². The van der Waals surface area contributed by atoms with E-state index in [0.717, 1.165) is 37.6 Å². The Kier molecular flexibility index (Phi) is 6.30. The number of unbranched alkanes of at least 4 members (excludes halogenated alkanes) is 1. The van der Waals surface area contributed by atoms with Crippen molar-refractivity contribution >= 4 is 0 Å². The van der Waals surface area contributed by atoms with Gasteiger partial charge in [0.25, 0.3) is 0 Å². The van der Waals surface area contributed by atoms with E-state index < -0.39 is 0 Å². The summed E-state index contributed by atoms with van der Waals surface area (Å²) in [6.45, 7) is 14.2. The summed E-state index contributed by atoms with van der Waals surface area (Å²) in [5.74, 6) is 2.03. The van der Waals surface area contributed by atoms with Gasteiger partial charge in [-0.15, -0.1) is 0 Å². The molecule has 0 heterocycles. The van der Waals surface area contributed by atoms with Gasteiger partial charge in [0, 0.05) is 0 Å². The Balaban J connectivity index is 1.77. The zero-order chi connectivity index (χ0) is 17.7.